The van der Waals surface area contributed by atoms with Crippen molar-refractivity contribution in [2.45, 2.75) is 58.4 Å². The summed E-state index contributed by atoms with van der Waals surface area (Å²) >= 11 is 0. The summed E-state index contributed by atoms with van der Waals surface area (Å²) < 4.78 is 11.0. The minimum absolute atomic E-state index is 0.0163. The van der Waals surface area contributed by atoms with Crippen LogP contribution >= 0.6 is 0 Å². The molecule has 2 aromatic carbocycles. The molecule has 0 spiro atoms. The fourth-order valence-electron chi connectivity index (χ4n) is 4.70. The quantitative estimate of drug-likeness (QED) is 0.425. The van der Waals surface area contributed by atoms with Crippen molar-refractivity contribution >= 4 is 5.91 Å². The molecule has 1 saturated heterocycles. The lowest BCUT2D eigenvalue weighted by Crippen LogP contribution is -2.43. The van der Waals surface area contributed by atoms with Gasteiger partial charge in [-0.15, -0.1) is 0 Å². The maximum absolute atomic E-state index is 12.8. The molecule has 0 aliphatic carbocycles. The van der Waals surface area contributed by atoms with Crippen molar-refractivity contribution in [3.63, 3.8) is 0 Å². The summed E-state index contributed by atoms with van der Waals surface area (Å²) in [6.45, 7) is 9.44. The maximum Gasteiger partial charge on any atom is 0.241 e. The molecular weight excluding hydrogens is 452 g/mol. The zero-order chi connectivity index (χ0) is 25.5. The normalized spacial score (nSPS) is 16.6. The van der Waals surface area contributed by atoms with E-state index < -0.39 is 0 Å². The van der Waals surface area contributed by atoms with E-state index in [-0.39, 0.29) is 17.2 Å². The Balaban J connectivity index is 1.25. The number of carbonyl (C=O) groups is 1. The van der Waals surface area contributed by atoms with Crippen LogP contribution in [0.1, 0.15) is 57.1 Å². The first kappa shape index (κ1) is 25.9. The Kier molecular flexibility index (Phi) is 8.41. The van der Waals surface area contributed by atoms with Gasteiger partial charge in [0, 0.05) is 18.7 Å². The molecule has 1 aliphatic heterocycles. The minimum Gasteiger partial charge on any atom is -0.496 e. The highest BCUT2D eigenvalue weighted by molar-refractivity contribution is 5.78. The van der Waals surface area contributed by atoms with E-state index in [0.717, 1.165) is 43.5 Å². The van der Waals surface area contributed by atoms with E-state index in [9.17, 15) is 4.79 Å². The molecule has 1 aromatic heterocycles. The monoisotopic (exact) mass is 490 g/mol. The number of para-hydroxylation sites is 1. The fourth-order valence-corrected chi connectivity index (χ4v) is 4.70. The largest absolute Gasteiger partial charge is 0.496 e. The van der Waals surface area contributed by atoms with Crippen LogP contribution in [0, 0.1) is 5.92 Å². The van der Waals surface area contributed by atoms with Gasteiger partial charge >= 0.3 is 0 Å². The second-order valence-corrected chi connectivity index (χ2v) is 10.6. The van der Waals surface area contributed by atoms with Crippen LogP contribution in [0.15, 0.2) is 53.1 Å². The number of piperidine rings is 1. The average Bonchev–Trinajstić information content (AvgIpc) is 3.35. The van der Waals surface area contributed by atoms with Crippen molar-refractivity contribution in [1.29, 1.82) is 0 Å². The van der Waals surface area contributed by atoms with Crippen LogP contribution in [0.3, 0.4) is 0 Å². The van der Waals surface area contributed by atoms with E-state index in [4.69, 9.17) is 9.26 Å². The maximum atomic E-state index is 12.8. The molecule has 7 heteroatoms. The molecule has 1 amide bonds. The van der Waals surface area contributed by atoms with E-state index in [0.29, 0.717) is 31.3 Å². The summed E-state index contributed by atoms with van der Waals surface area (Å²) in [6.07, 6.45) is 3.64. The zero-order valence-corrected chi connectivity index (χ0v) is 21.9. The van der Waals surface area contributed by atoms with Crippen molar-refractivity contribution in [2.75, 3.05) is 26.7 Å². The average molecular weight is 491 g/mol. The Labute approximate surface area is 214 Å². The molecule has 1 atom stereocenters. The molecule has 2 heterocycles. The highest BCUT2D eigenvalue weighted by Crippen LogP contribution is 2.25. The van der Waals surface area contributed by atoms with Crippen molar-refractivity contribution in [1.82, 2.24) is 20.4 Å². The number of rotatable bonds is 9. The lowest BCUT2D eigenvalue weighted by Gasteiger charge is -2.30. The summed E-state index contributed by atoms with van der Waals surface area (Å²) in [4.78, 5) is 19.7. The van der Waals surface area contributed by atoms with Crippen molar-refractivity contribution < 1.29 is 14.1 Å². The number of hydrogen-bond acceptors (Lipinski definition) is 6. The molecule has 36 heavy (non-hydrogen) atoms. The van der Waals surface area contributed by atoms with Crippen LogP contribution < -0.4 is 10.1 Å². The molecular formula is C29H38N4O3. The highest BCUT2D eigenvalue weighted by Gasteiger charge is 2.27. The number of aryl methyl sites for hydroxylation is 1. The molecule has 1 fully saturated rings. The standard InChI is InChI=1S/C29H38N4O3/c1-29(2,3)24-15-13-22(14-16-24)27-31-26(36-32-27)20-33-18-8-11-23(19-33)28(34)30-17-7-10-21-9-5-6-12-25(21)35-4/h5-6,9,12-16,23H,7-8,10-11,17-20H2,1-4H3,(H,30,34). The molecule has 3 aromatic rings. The van der Waals surface area contributed by atoms with Gasteiger partial charge in [0.2, 0.25) is 17.6 Å². The third-order valence-electron chi connectivity index (χ3n) is 6.83. The number of hydrogen-bond donors (Lipinski definition) is 1. The highest BCUT2D eigenvalue weighted by atomic mass is 16.5. The van der Waals surface area contributed by atoms with Gasteiger partial charge in [0.05, 0.1) is 19.6 Å². The lowest BCUT2D eigenvalue weighted by molar-refractivity contribution is -0.126. The first-order valence-corrected chi connectivity index (χ1v) is 12.9. The number of aromatic nitrogens is 2. The van der Waals surface area contributed by atoms with Gasteiger partial charge in [0.25, 0.3) is 0 Å². The van der Waals surface area contributed by atoms with Gasteiger partial charge in [-0.1, -0.05) is 68.4 Å². The van der Waals surface area contributed by atoms with Crippen molar-refractivity contribution in [3.8, 4) is 17.1 Å². The number of nitrogens with one attached hydrogen (secondary N) is 1. The topological polar surface area (TPSA) is 80.5 Å². The Morgan fingerprint density at radius 3 is 2.69 bits per heavy atom. The number of benzene rings is 2. The summed E-state index contributed by atoms with van der Waals surface area (Å²) in [6, 6.07) is 16.4. The van der Waals surface area contributed by atoms with E-state index in [1.54, 1.807) is 7.11 Å². The molecule has 1 N–H and O–H groups in total. The number of likely N-dealkylation sites (tertiary alicyclic amines) is 1. The number of amides is 1. The zero-order valence-electron chi connectivity index (χ0n) is 21.9. The predicted octanol–water partition coefficient (Wildman–Crippen LogP) is 5.00. The molecule has 1 unspecified atom stereocenters. The third kappa shape index (κ3) is 6.72. The van der Waals surface area contributed by atoms with E-state index in [1.807, 2.05) is 30.3 Å². The first-order valence-electron chi connectivity index (χ1n) is 12.9. The Morgan fingerprint density at radius 2 is 1.94 bits per heavy atom. The van der Waals surface area contributed by atoms with E-state index >= 15 is 0 Å². The lowest BCUT2D eigenvalue weighted by atomic mass is 9.87. The van der Waals surface area contributed by atoms with E-state index in [1.165, 1.54) is 11.1 Å². The van der Waals surface area contributed by atoms with Gasteiger partial charge in [-0.2, -0.15) is 4.98 Å². The molecule has 0 saturated carbocycles. The van der Waals surface area contributed by atoms with Crippen LogP contribution in [0.25, 0.3) is 11.4 Å². The second kappa shape index (κ2) is 11.7. The molecule has 0 bridgehead atoms. The van der Waals surface area contributed by atoms with Crippen LogP contribution in [0.4, 0.5) is 0 Å². The van der Waals surface area contributed by atoms with Gasteiger partial charge in [0.15, 0.2) is 0 Å². The molecule has 192 valence electrons. The van der Waals surface area contributed by atoms with Crippen molar-refractivity contribution in [2.24, 2.45) is 5.92 Å². The van der Waals surface area contributed by atoms with Crippen LogP contribution in [-0.2, 0) is 23.2 Å². The van der Waals surface area contributed by atoms with Crippen molar-refractivity contribution in [3.05, 3.63) is 65.5 Å². The van der Waals surface area contributed by atoms with E-state index in [2.05, 4.69) is 59.3 Å². The number of methoxy groups -OCH3 is 1. The predicted molar refractivity (Wildman–Crippen MR) is 141 cm³/mol. The van der Waals surface area contributed by atoms with Crippen LogP contribution in [-0.4, -0.2) is 47.7 Å². The van der Waals surface area contributed by atoms with Gasteiger partial charge in [0.1, 0.15) is 5.75 Å². The number of ether oxygens (including phenoxy) is 1. The summed E-state index contributed by atoms with van der Waals surface area (Å²) in [5.41, 5.74) is 3.49. The molecule has 7 nitrogen and oxygen atoms in total. The molecule has 4 rings (SSSR count). The van der Waals surface area contributed by atoms with Gasteiger partial charge < -0.3 is 14.6 Å². The van der Waals surface area contributed by atoms with Crippen LogP contribution in [0.5, 0.6) is 5.75 Å². The third-order valence-corrected chi connectivity index (χ3v) is 6.83. The smallest absolute Gasteiger partial charge is 0.241 e. The number of nitrogens with zero attached hydrogens (tertiary/aromatic N) is 3. The van der Waals surface area contributed by atoms with Gasteiger partial charge in [-0.05, 0) is 54.8 Å². The van der Waals surface area contributed by atoms with Gasteiger partial charge in [-0.3, -0.25) is 9.69 Å². The van der Waals surface area contributed by atoms with Crippen LogP contribution in [0.2, 0.25) is 0 Å². The minimum atomic E-state index is -0.0163. The Hall–Kier alpha value is -3.19. The Bertz CT molecular complexity index is 1130. The SMILES string of the molecule is COc1ccccc1CCCNC(=O)C1CCCN(Cc2nc(-c3ccc(C(C)(C)C)cc3)no2)C1. The molecule has 1 aliphatic rings. The Morgan fingerprint density at radius 1 is 1.17 bits per heavy atom. The summed E-state index contributed by atoms with van der Waals surface area (Å²) in [5.74, 6) is 2.20. The second-order valence-electron chi connectivity index (χ2n) is 10.6. The summed E-state index contributed by atoms with van der Waals surface area (Å²) in [5, 5.41) is 7.31. The first-order chi connectivity index (χ1) is 17.3. The van der Waals surface area contributed by atoms with Gasteiger partial charge in [-0.25, -0.2) is 0 Å². The summed E-state index contributed by atoms with van der Waals surface area (Å²) in [7, 11) is 1.69. The molecule has 0 radical (unpaired) electrons. The number of carbonyl (C=O) groups excluding carboxylic acids is 1. The fraction of sp³-hybridized carbons (Fsp3) is 0.483.